The minimum absolute atomic E-state index is 0.101. The third-order valence-corrected chi connectivity index (χ3v) is 2.62. The highest BCUT2D eigenvalue weighted by atomic mass is 79.9. The van der Waals surface area contributed by atoms with Gasteiger partial charge in [0, 0.05) is 23.2 Å². The van der Waals surface area contributed by atoms with Crippen molar-refractivity contribution in [3.05, 3.63) is 32.8 Å². The Morgan fingerprint density at radius 3 is 2.89 bits per heavy atom. The number of nitro benzene ring substituents is 1. The molecule has 0 bridgehead atoms. The Morgan fingerprint density at radius 1 is 1.56 bits per heavy atom. The first kappa shape index (κ1) is 14.6. The zero-order valence-corrected chi connectivity index (χ0v) is 11.0. The molecule has 0 atom stereocenters. The maximum absolute atomic E-state index is 11.5. The number of ether oxygens (including phenoxy) is 1. The van der Waals surface area contributed by atoms with E-state index in [0.717, 1.165) is 0 Å². The topological polar surface area (TPSA) is 107 Å². The molecule has 0 aromatic heterocycles. The summed E-state index contributed by atoms with van der Waals surface area (Å²) in [6.45, 7) is 0.462. The normalized spacial score (nSPS) is 10.1. The molecule has 0 unspecified atom stereocenters. The van der Waals surface area contributed by atoms with Crippen molar-refractivity contribution in [1.29, 1.82) is 0 Å². The first-order valence-corrected chi connectivity index (χ1v) is 5.85. The average Bonchev–Trinajstić information content (AvgIpc) is 2.32. The number of rotatable bonds is 6. The number of nitrogens with one attached hydrogen (secondary N) is 1. The lowest BCUT2D eigenvalue weighted by molar-refractivity contribution is -0.384. The average molecular weight is 318 g/mol. The Kier molecular flexibility index (Phi) is 5.69. The molecule has 3 N–H and O–H groups in total. The van der Waals surface area contributed by atoms with Gasteiger partial charge in [-0.15, -0.1) is 0 Å². The summed E-state index contributed by atoms with van der Waals surface area (Å²) in [6.07, 6.45) is 0. The number of amides is 1. The van der Waals surface area contributed by atoms with E-state index < -0.39 is 10.8 Å². The fraction of sp³-hybridized carbons (Fsp3) is 0.300. The number of halogens is 1. The number of carbonyl (C=O) groups is 1. The first-order valence-electron chi connectivity index (χ1n) is 5.06. The summed E-state index contributed by atoms with van der Waals surface area (Å²) in [5.41, 5.74) is 5.43. The van der Waals surface area contributed by atoms with Crippen LogP contribution in [0.1, 0.15) is 0 Å². The van der Waals surface area contributed by atoms with Gasteiger partial charge < -0.3 is 15.8 Å². The molecule has 18 heavy (non-hydrogen) atoms. The summed E-state index contributed by atoms with van der Waals surface area (Å²) in [6, 6.07) is 4.10. The van der Waals surface area contributed by atoms with Crippen molar-refractivity contribution < 1.29 is 14.5 Å². The van der Waals surface area contributed by atoms with Crippen molar-refractivity contribution in [1.82, 2.24) is 0 Å². The highest BCUT2D eigenvalue weighted by Gasteiger charge is 2.11. The van der Waals surface area contributed by atoms with Gasteiger partial charge in [-0.3, -0.25) is 14.9 Å². The molecule has 7 nitrogen and oxygen atoms in total. The molecule has 0 aliphatic rings. The highest BCUT2D eigenvalue weighted by Crippen LogP contribution is 2.26. The van der Waals surface area contributed by atoms with E-state index in [2.05, 4.69) is 21.2 Å². The monoisotopic (exact) mass is 317 g/mol. The molecular weight excluding hydrogens is 306 g/mol. The third-order valence-electron chi connectivity index (χ3n) is 1.93. The number of nitrogens with zero attached hydrogens (tertiary/aromatic N) is 1. The number of carbonyl (C=O) groups excluding carboxylic acids is 1. The number of non-ortho nitro benzene ring substituents is 1. The lowest BCUT2D eigenvalue weighted by Gasteiger charge is -2.07. The Labute approximate surface area is 112 Å². The zero-order valence-electron chi connectivity index (χ0n) is 9.39. The maximum atomic E-state index is 11.5. The van der Waals surface area contributed by atoms with Gasteiger partial charge in [0.2, 0.25) is 5.91 Å². The first-order chi connectivity index (χ1) is 8.54. The van der Waals surface area contributed by atoms with Crippen LogP contribution in [0.15, 0.2) is 22.7 Å². The van der Waals surface area contributed by atoms with Crippen LogP contribution in [0.25, 0.3) is 0 Å². The van der Waals surface area contributed by atoms with Crippen LogP contribution < -0.4 is 11.1 Å². The van der Waals surface area contributed by atoms with E-state index >= 15 is 0 Å². The van der Waals surface area contributed by atoms with Crippen LogP contribution in [0.5, 0.6) is 0 Å². The molecule has 1 amide bonds. The minimum Gasteiger partial charge on any atom is -0.370 e. The second kappa shape index (κ2) is 7.04. The highest BCUT2D eigenvalue weighted by molar-refractivity contribution is 9.10. The Morgan fingerprint density at radius 2 is 2.28 bits per heavy atom. The van der Waals surface area contributed by atoms with Crippen molar-refractivity contribution in [3.8, 4) is 0 Å². The van der Waals surface area contributed by atoms with E-state index in [1.165, 1.54) is 18.2 Å². The number of hydrogen-bond donors (Lipinski definition) is 2. The molecular formula is C10H12BrN3O4. The van der Waals surface area contributed by atoms with Gasteiger partial charge >= 0.3 is 0 Å². The fourth-order valence-corrected chi connectivity index (χ4v) is 1.50. The summed E-state index contributed by atoms with van der Waals surface area (Å²) in [5.74, 6) is -0.398. The van der Waals surface area contributed by atoms with Crippen molar-refractivity contribution >= 4 is 33.2 Å². The summed E-state index contributed by atoms with van der Waals surface area (Å²) in [5, 5.41) is 13.1. The van der Waals surface area contributed by atoms with Gasteiger partial charge in [-0.05, 0) is 22.0 Å². The Hall–Kier alpha value is -1.51. The van der Waals surface area contributed by atoms with E-state index in [-0.39, 0.29) is 18.9 Å². The van der Waals surface area contributed by atoms with E-state index in [9.17, 15) is 14.9 Å². The van der Waals surface area contributed by atoms with Gasteiger partial charge in [-0.2, -0.15) is 0 Å². The largest absolute Gasteiger partial charge is 0.370 e. The molecule has 0 fully saturated rings. The van der Waals surface area contributed by atoms with Gasteiger partial charge in [0.25, 0.3) is 5.69 Å². The predicted octanol–water partition coefficient (Wildman–Crippen LogP) is 1.27. The molecule has 0 aliphatic heterocycles. The molecule has 0 heterocycles. The Balaban J connectivity index is 2.68. The van der Waals surface area contributed by atoms with Crippen LogP contribution >= 0.6 is 15.9 Å². The summed E-state index contributed by atoms with van der Waals surface area (Å²) >= 11 is 3.19. The lowest BCUT2D eigenvalue weighted by atomic mass is 10.3. The quantitative estimate of drug-likeness (QED) is 0.466. The van der Waals surface area contributed by atoms with Crippen molar-refractivity contribution in [3.63, 3.8) is 0 Å². The molecule has 1 rings (SSSR count). The number of nitro groups is 1. The van der Waals surface area contributed by atoms with Gasteiger partial charge in [-0.1, -0.05) is 0 Å². The van der Waals surface area contributed by atoms with E-state index in [1.807, 2.05) is 0 Å². The molecule has 0 aliphatic carbocycles. The Bertz CT molecular complexity index is 453. The predicted molar refractivity (Wildman–Crippen MR) is 69.3 cm³/mol. The molecule has 8 heteroatoms. The molecule has 0 saturated carbocycles. The van der Waals surface area contributed by atoms with Crippen molar-refractivity contribution in [2.45, 2.75) is 0 Å². The number of nitrogens with two attached hydrogens (primary N) is 1. The molecule has 1 aromatic rings. The van der Waals surface area contributed by atoms with E-state index in [0.29, 0.717) is 16.7 Å². The number of anilines is 1. The van der Waals surface area contributed by atoms with Crippen LogP contribution in [-0.2, 0) is 9.53 Å². The van der Waals surface area contributed by atoms with Crippen LogP contribution in [0.2, 0.25) is 0 Å². The van der Waals surface area contributed by atoms with E-state index in [1.54, 1.807) is 0 Å². The van der Waals surface area contributed by atoms with Crippen molar-refractivity contribution in [2.24, 2.45) is 5.73 Å². The fourth-order valence-electron chi connectivity index (χ4n) is 1.16. The van der Waals surface area contributed by atoms with Crippen LogP contribution in [0, 0.1) is 10.1 Å². The minimum atomic E-state index is -0.535. The lowest BCUT2D eigenvalue weighted by Crippen LogP contribution is -2.21. The van der Waals surface area contributed by atoms with Crippen LogP contribution in [0.3, 0.4) is 0 Å². The van der Waals surface area contributed by atoms with Crippen molar-refractivity contribution in [2.75, 3.05) is 25.1 Å². The molecule has 0 saturated heterocycles. The van der Waals surface area contributed by atoms with E-state index in [4.69, 9.17) is 10.5 Å². The molecule has 1 aromatic carbocycles. The molecule has 98 valence electrons. The van der Waals surface area contributed by atoms with Crippen LogP contribution in [0.4, 0.5) is 11.4 Å². The summed E-state index contributed by atoms with van der Waals surface area (Å²) < 4.78 is 5.50. The second-order valence-corrected chi connectivity index (χ2v) is 4.17. The SMILES string of the molecule is NCCOCC(=O)Nc1cc([N+](=O)[O-])ccc1Br. The van der Waals surface area contributed by atoms with Gasteiger partial charge in [0.1, 0.15) is 6.61 Å². The summed E-state index contributed by atoms with van der Waals surface area (Å²) in [7, 11) is 0. The smallest absolute Gasteiger partial charge is 0.271 e. The van der Waals surface area contributed by atoms with Gasteiger partial charge in [0.05, 0.1) is 17.2 Å². The standard InChI is InChI=1S/C10H12BrN3O4/c11-8-2-1-7(14(16)17)5-9(8)13-10(15)6-18-4-3-12/h1-2,5H,3-4,6,12H2,(H,13,15). The van der Waals surface area contributed by atoms with Crippen LogP contribution in [-0.4, -0.2) is 30.6 Å². The third kappa shape index (κ3) is 4.40. The number of hydrogen-bond acceptors (Lipinski definition) is 5. The molecule has 0 spiro atoms. The summed E-state index contributed by atoms with van der Waals surface area (Å²) in [4.78, 5) is 21.5. The molecule has 0 radical (unpaired) electrons. The maximum Gasteiger partial charge on any atom is 0.271 e. The van der Waals surface area contributed by atoms with Gasteiger partial charge in [-0.25, -0.2) is 0 Å². The second-order valence-electron chi connectivity index (χ2n) is 3.31. The van der Waals surface area contributed by atoms with Gasteiger partial charge in [0.15, 0.2) is 0 Å². The number of benzene rings is 1. The zero-order chi connectivity index (χ0) is 13.5.